The molecule has 120 valence electrons. The van der Waals surface area contributed by atoms with E-state index < -0.39 is 0 Å². The number of rotatable bonds is 4. The van der Waals surface area contributed by atoms with Crippen LogP contribution >= 0.6 is 11.6 Å². The lowest BCUT2D eigenvalue weighted by molar-refractivity contribution is -0.847. The van der Waals surface area contributed by atoms with Crippen LogP contribution in [0, 0.1) is 0 Å². The zero-order valence-electron chi connectivity index (χ0n) is 12.9. The number of hydrogen-bond donors (Lipinski definition) is 3. The number of hydroxylamine groups is 1. The number of para-hydroxylation sites is 1. The van der Waals surface area contributed by atoms with Crippen molar-refractivity contribution in [2.24, 2.45) is 0 Å². The van der Waals surface area contributed by atoms with Gasteiger partial charge in [-0.3, -0.25) is 10.7 Å². The molecule has 1 fully saturated rings. The van der Waals surface area contributed by atoms with Crippen LogP contribution in [0.5, 0.6) is 0 Å². The first-order chi connectivity index (χ1) is 11.3. The van der Waals surface area contributed by atoms with E-state index in [1.54, 1.807) is 0 Å². The molecule has 3 rings (SSSR count). The summed E-state index contributed by atoms with van der Waals surface area (Å²) in [4.78, 5) is 3.73. The molecule has 0 aliphatic carbocycles. The van der Waals surface area contributed by atoms with Crippen LogP contribution in [-0.4, -0.2) is 31.4 Å². The average Bonchev–Trinajstić information content (AvgIpc) is 2.62. The zero-order valence-corrected chi connectivity index (χ0v) is 13.6. The van der Waals surface area contributed by atoms with Crippen molar-refractivity contribution in [3.05, 3.63) is 71.4 Å². The molecule has 4 nitrogen and oxygen atoms in total. The molecule has 1 saturated heterocycles. The quantitative estimate of drug-likeness (QED) is 0.751. The molecule has 2 aromatic carbocycles. The molecule has 1 aliphatic heterocycles. The number of halogens is 1. The second kappa shape index (κ2) is 7.51. The Balaban J connectivity index is 1.65. The molecule has 0 unspecified atom stereocenters. The number of benzene rings is 2. The third-order valence-electron chi connectivity index (χ3n) is 4.15. The van der Waals surface area contributed by atoms with E-state index in [1.165, 1.54) is 10.6 Å². The number of nitrogens with one attached hydrogen (secondary N) is 2. The highest BCUT2D eigenvalue weighted by Crippen LogP contribution is 2.15. The second-order valence-electron chi connectivity index (χ2n) is 5.66. The standard InChI is InChI=1S/C18H20ClN3O/c19-16-8-6-15(7-9-16)18(20-23)14-21-10-12-22(13-11-21)17-4-2-1-3-5-17/h1-9,14,20,23H,10-13H2/p+1. The van der Waals surface area contributed by atoms with Crippen LogP contribution in [0.25, 0.3) is 5.70 Å². The normalized spacial score (nSPS) is 16.4. The first kappa shape index (κ1) is 15.9. The molecule has 0 radical (unpaired) electrons. The fourth-order valence-corrected chi connectivity index (χ4v) is 2.98. The highest BCUT2D eigenvalue weighted by molar-refractivity contribution is 6.30. The summed E-state index contributed by atoms with van der Waals surface area (Å²) in [6.07, 6.45) is 2.05. The highest BCUT2D eigenvalue weighted by atomic mass is 35.5. The lowest BCUT2D eigenvalue weighted by atomic mass is 10.1. The van der Waals surface area contributed by atoms with Crippen LogP contribution < -0.4 is 15.3 Å². The molecule has 0 amide bonds. The molecule has 0 atom stereocenters. The molecule has 2 aromatic rings. The SMILES string of the molecule is ONC(=C[NH+]1CCN(c2ccccc2)CC1)c1ccc(Cl)cc1. The largest absolute Gasteiger partial charge is 0.360 e. The van der Waals surface area contributed by atoms with Gasteiger partial charge >= 0.3 is 0 Å². The smallest absolute Gasteiger partial charge is 0.121 e. The van der Waals surface area contributed by atoms with Gasteiger partial charge in [-0.15, -0.1) is 0 Å². The number of piperazine rings is 1. The van der Waals surface area contributed by atoms with Crippen molar-refractivity contribution in [1.82, 2.24) is 5.48 Å². The van der Waals surface area contributed by atoms with Crippen molar-refractivity contribution in [3.8, 4) is 0 Å². The summed E-state index contributed by atoms with van der Waals surface area (Å²) in [6, 6.07) is 17.9. The number of quaternary nitrogens is 1. The number of hydrogen-bond acceptors (Lipinski definition) is 3. The van der Waals surface area contributed by atoms with Gasteiger partial charge in [0.25, 0.3) is 0 Å². The molecule has 3 N–H and O–H groups in total. The van der Waals surface area contributed by atoms with Crippen LogP contribution in [0.3, 0.4) is 0 Å². The number of nitrogens with zero attached hydrogens (tertiary/aromatic N) is 1. The van der Waals surface area contributed by atoms with E-state index in [0.717, 1.165) is 31.7 Å². The first-order valence-electron chi connectivity index (χ1n) is 7.79. The van der Waals surface area contributed by atoms with Gasteiger partial charge in [0.2, 0.25) is 0 Å². The van der Waals surface area contributed by atoms with Crippen molar-refractivity contribution in [3.63, 3.8) is 0 Å². The van der Waals surface area contributed by atoms with Gasteiger partial charge in [-0.25, -0.2) is 0 Å². The molecule has 5 heteroatoms. The summed E-state index contributed by atoms with van der Waals surface area (Å²) in [5.41, 5.74) is 5.22. The Labute approximate surface area is 141 Å². The van der Waals surface area contributed by atoms with Crippen LogP contribution in [0.2, 0.25) is 5.02 Å². The maximum Gasteiger partial charge on any atom is 0.121 e. The Morgan fingerprint density at radius 2 is 1.70 bits per heavy atom. The Morgan fingerprint density at radius 3 is 2.30 bits per heavy atom. The summed E-state index contributed by atoms with van der Waals surface area (Å²) >= 11 is 5.91. The van der Waals surface area contributed by atoms with Gasteiger partial charge < -0.3 is 9.80 Å². The van der Waals surface area contributed by atoms with E-state index in [1.807, 2.05) is 36.5 Å². The Hall–Kier alpha value is -2.01. The summed E-state index contributed by atoms with van der Waals surface area (Å²) < 4.78 is 0. The first-order valence-corrected chi connectivity index (χ1v) is 8.16. The lowest BCUT2D eigenvalue weighted by Crippen LogP contribution is -3.10. The van der Waals surface area contributed by atoms with Crippen molar-refractivity contribution in [2.45, 2.75) is 0 Å². The van der Waals surface area contributed by atoms with Crippen LogP contribution in [-0.2, 0) is 0 Å². The van der Waals surface area contributed by atoms with Gasteiger partial charge in [-0.2, -0.15) is 0 Å². The van der Waals surface area contributed by atoms with Gasteiger partial charge in [0, 0.05) is 16.3 Å². The third-order valence-corrected chi connectivity index (χ3v) is 4.40. The summed E-state index contributed by atoms with van der Waals surface area (Å²) in [7, 11) is 0. The summed E-state index contributed by atoms with van der Waals surface area (Å²) in [6.45, 7) is 3.98. The molecule has 0 saturated carbocycles. The van der Waals surface area contributed by atoms with E-state index >= 15 is 0 Å². The van der Waals surface area contributed by atoms with E-state index in [0.29, 0.717) is 10.7 Å². The van der Waals surface area contributed by atoms with Gasteiger partial charge in [0.15, 0.2) is 0 Å². The van der Waals surface area contributed by atoms with Crippen LogP contribution in [0.1, 0.15) is 5.56 Å². The minimum absolute atomic E-state index is 0.690. The predicted molar refractivity (Wildman–Crippen MR) is 93.7 cm³/mol. The molecule has 23 heavy (non-hydrogen) atoms. The fraction of sp³-hybridized carbons (Fsp3) is 0.222. The van der Waals surface area contributed by atoms with Crippen molar-refractivity contribution >= 4 is 23.0 Å². The fourth-order valence-electron chi connectivity index (χ4n) is 2.85. The molecule has 0 spiro atoms. The van der Waals surface area contributed by atoms with Crippen molar-refractivity contribution in [1.29, 1.82) is 0 Å². The molecule has 0 aromatic heterocycles. The highest BCUT2D eigenvalue weighted by Gasteiger charge is 2.19. The maximum atomic E-state index is 9.43. The Morgan fingerprint density at radius 1 is 1.04 bits per heavy atom. The molecular weight excluding hydrogens is 310 g/mol. The summed E-state index contributed by atoms with van der Waals surface area (Å²) in [5.74, 6) is 0. The Kier molecular flexibility index (Phi) is 5.18. The third kappa shape index (κ3) is 4.05. The zero-order chi connectivity index (χ0) is 16.1. The molecular formula is C18H21ClN3O+. The number of anilines is 1. The van der Waals surface area contributed by atoms with Crippen LogP contribution in [0.15, 0.2) is 60.8 Å². The minimum Gasteiger partial charge on any atom is -0.360 e. The minimum atomic E-state index is 0.690. The van der Waals surface area contributed by atoms with Crippen molar-refractivity contribution < 1.29 is 10.1 Å². The van der Waals surface area contributed by atoms with E-state index in [4.69, 9.17) is 11.6 Å². The maximum absolute atomic E-state index is 9.43. The van der Waals surface area contributed by atoms with E-state index in [9.17, 15) is 5.21 Å². The molecule has 0 bridgehead atoms. The average molecular weight is 331 g/mol. The van der Waals surface area contributed by atoms with Gasteiger partial charge in [0.1, 0.15) is 11.9 Å². The lowest BCUT2D eigenvalue weighted by Gasteiger charge is -2.32. The van der Waals surface area contributed by atoms with Crippen LogP contribution in [0.4, 0.5) is 5.69 Å². The van der Waals surface area contributed by atoms with E-state index in [-0.39, 0.29) is 0 Å². The Bertz CT molecular complexity index is 650. The monoisotopic (exact) mass is 330 g/mol. The molecule has 1 heterocycles. The predicted octanol–water partition coefficient (Wildman–Crippen LogP) is 2.02. The topological polar surface area (TPSA) is 39.9 Å². The second-order valence-corrected chi connectivity index (χ2v) is 6.09. The molecule has 1 aliphatic rings. The van der Waals surface area contributed by atoms with Gasteiger partial charge in [0.05, 0.1) is 26.2 Å². The van der Waals surface area contributed by atoms with Gasteiger partial charge in [-0.1, -0.05) is 41.9 Å². The summed E-state index contributed by atoms with van der Waals surface area (Å²) in [5, 5.41) is 10.1. The van der Waals surface area contributed by atoms with Crippen molar-refractivity contribution in [2.75, 3.05) is 31.1 Å². The van der Waals surface area contributed by atoms with E-state index in [2.05, 4.69) is 34.6 Å². The van der Waals surface area contributed by atoms with Gasteiger partial charge in [-0.05, 0) is 24.3 Å².